The first-order valence-electron chi connectivity index (χ1n) is 17.8. The zero-order chi connectivity index (χ0) is 34.6. The first kappa shape index (κ1) is 30.1. The lowest BCUT2D eigenvalue weighted by Crippen LogP contribution is -2.22. The maximum absolute atomic E-state index is 5.22. The van der Waals surface area contributed by atoms with Crippen molar-refractivity contribution >= 4 is 21.7 Å². The molecule has 0 fully saturated rings. The van der Waals surface area contributed by atoms with Crippen LogP contribution in [-0.4, -0.2) is 15.0 Å². The molecule has 2 aromatic heterocycles. The Hall–Kier alpha value is -6.71. The van der Waals surface area contributed by atoms with Gasteiger partial charge >= 0.3 is 0 Å². The number of fused-ring (bicyclic) bond motifs is 5. The second kappa shape index (κ2) is 12.0. The van der Waals surface area contributed by atoms with Crippen molar-refractivity contribution in [3.8, 4) is 56.2 Å². The highest BCUT2D eigenvalue weighted by Crippen LogP contribution is 2.53. The molecule has 1 aliphatic carbocycles. The predicted molar refractivity (Wildman–Crippen MR) is 214 cm³/mol. The van der Waals surface area contributed by atoms with E-state index in [9.17, 15) is 0 Å². The van der Waals surface area contributed by atoms with Gasteiger partial charge in [-0.3, -0.25) is 4.98 Å². The lowest BCUT2D eigenvalue weighted by Gasteiger charge is -2.28. The van der Waals surface area contributed by atoms with Crippen molar-refractivity contribution in [2.24, 2.45) is 0 Å². The van der Waals surface area contributed by atoms with Crippen molar-refractivity contribution in [3.05, 3.63) is 199 Å². The molecule has 1 unspecified atom stereocenters. The molecule has 0 bridgehead atoms. The van der Waals surface area contributed by atoms with Crippen molar-refractivity contribution in [1.29, 1.82) is 0 Å². The Morgan fingerprint density at radius 2 is 1.04 bits per heavy atom. The lowest BCUT2D eigenvalue weighted by atomic mass is 9.74. The lowest BCUT2D eigenvalue weighted by molar-refractivity contribution is 0.714. The summed E-state index contributed by atoms with van der Waals surface area (Å²) in [7, 11) is 0. The second-order valence-electron chi connectivity index (χ2n) is 13.7. The number of para-hydroxylation sites is 1. The van der Waals surface area contributed by atoms with Gasteiger partial charge in [0.2, 0.25) is 0 Å². The number of pyridine rings is 1. The summed E-state index contributed by atoms with van der Waals surface area (Å²) >= 11 is 0. The predicted octanol–water partition coefficient (Wildman–Crippen LogP) is 12.2. The molecule has 2 heterocycles. The molecule has 3 heteroatoms. The normalized spacial score (nSPS) is 14.7. The Kier molecular flexibility index (Phi) is 6.94. The molecule has 3 nitrogen and oxygen atoms in total. The third-order valence-electron chi connectivity index (χ3n) is 10.8. The molecule has 0 amide bonds. The van der Waals surface area contributed by atoms with E-state index in [1.165, 1.54) is 44.3 Å². The van der Waals surface area contributed by atoms with Gasteiger partial charge < -0.3 is 0 Å². The van der Waals surface area contributed by atoms with Crippen LogP contribution < -0.4 is 0 Å². The Morgan fingerprint density at radius 1 is 0.423 bits per heavy atom. The van der Waals surface area contributed by atoms with E-state index in [-0.39, 0.29) is 5.41 Å². The summed E-state index contributed by atoms with van der Waals surface area (Å²) in [5, 5.41) is 3.41. The molecule has 10 rings (SSSR count). The average Bonchev–Trinajstić information content (AvgIpc) is 3.48. The highest BCUT2D eigenvalue weighted by molar-refractivity contribution is 6.05. The standard InChI is InChI=1S/C49H33N3/c1-49(35-18-6-3-7-19-35)43-24-11-10-22-39(43)40-26-25-34(30-44(40)49)36-27-28-41(38-21-9-8-20-37(36)38)45-31-46(52-48(51-45)33-14-4-2-5-15-33)42-23-12-16-32-17-13-29-50-47(32)42/h2-31H,1H3. The fraction of sp³-hybridized carbons (Fsp3) is 0.0408. The summed E-state index contributed by atoms with van der Waals surface area (Å²) < 4.78 is 0. The maximum Gasteiger partial charge on any atom is 0.160 e. The van der Waals surface area contributed by atoms with Crippen LogP contribution >= 0.6 is 0 Å². The van der Waals surface area contributed by atoms with Crippen LogP contribution in [0, 0.1) is 0 Å². The molecule has 0 N–H and O–H groups in total. The second-order valence-corrected chi connectivity index (χ2v) is 13.7. The Labute approximate surface area is 303 Å². The molecular formula is C49H33N3. The van der Waals surface area contributed by atoms with Gasteiger partial charge in [0.15, 0.2) is 5.82 Å². The highest BCUT2D eigenvalue weighted by atomic mass is 14.9. The third-order valence-corrected chi connectivity index (χ3v) is 10.8. The van der Waals surface area contributed by atoms with E-state index in [2.05, 4.69) is 159 Å². The fourth-order valence-electron chi connectivity index (χ4n) is 8.27. The fourth-order valence-corrected chi connectivity index (χ4v) is 8.27. The van der Waals surface area contributed by atoms with Gasteiger partial charge in [0.25, 0.3) is 0 Å². The van der Waals surface area contributed by atoms with Gasteiger partial charge in [0.05, 0.1) is 16.9 Å². The van der Waals surface area contributed by atoms with Gasteiger partial charge in [-0.05, 0) is 74.8 Å². The average molecular weight is 664 g/mol. The number of benzene rings is 7. The Bertz CT molecular complexity index is 2800. The van der Waals surface area contributed by atoms with Crippen LogP contribution in [0.4, 0.5) is 0 Å². The minimum Gasteiger partial charge on any atom is -0.256 e. The molecular weight excluding hydrogens is 631 g/mol. The molecule has 9 aromatic rings. The first-order chi connectivity index (χ1) is 25.7. The molecule has 52 heavy (non-hydrogen) atoms. The molecule has 0 radical (unpaired) electrons. The summed E-state index contributed by atoms with van der Waals surface area (Å²) in [5.74, 6) is 0.688. The summed E-state index contributed by atoms with van der Waals surface area (Å²) in [4.78, 5) is 15.1. The Morgan fingerprint density at radius 3 is 1.87 bits per heavy atom. The van der Waals surface area contributed by atoms with Crippen LogP contribution in [0.5, 0.6) is 0 Å². The molecule has 0 saturated carbocycles. The van der Waals surface area contributed by atoms with Crippen molar-refractivity contribution in [1.82, 2.24) is 15.0 Å². The zero-order valence-corrected chi connectivity index (χ0v) is 28.7. The van der Waals surface area contributed by atoms with Crippen LogP contribution in [0.3, 0.4) is 0 Å². The van der Waals surface area contributed by atoms with Crippen LogP contribution in [-0.2, 0) is 5.41 Å². The monoisotopic (exact) mass is 663 g/mol. The van der Waals surface area contributed by atoms with Crippen LogP contribution in [0.15, 0.2) is 182 Å². The number of aromatic nitrogens is 3. The van der Waals surface area contributed by atoms with Gasteiger partial charge in [0, 0.05) is 33.7 Å². The van der Waals surface area contributed by atoms with Gasteiger partial charge in [-0.25, -0.2) is 9.97 Å². The van der Waals surface area contributed by atoms with Crippen LogP contribution in [0.25, 0.3) is 77.8 Å². The number of rotatable bonds is 5. The van der Waals surface area contributed by atoms with Gasteiger partial charge in [0.1, 0.15) is 0 Å². The molecule has 7 aromatic carbocycles. The van der Waals surface area contributed by atoms with E-state index >= 15 is 0 Å². The van der Waals surface area contributed by atoms with Crippen molar-refractivity contribution in [3.63, 3.8) is 0 Å². The molecule has 0 aliphatic heterocycles. The number of hydrogen-bond donors (Lipinski definition) is 0. The number of hydrogen-bond acceptors (Lipinski definition) is 3. The highest BCUT2D eigenvalue weighted by Gasteiger charge is 2.40. The molecule has 1 aliphatic rings. The van der Waals surface area contributed by atoms with Gasteiger partial charge in [-0.1, -0.05) is 158 Å². The maximum atomic E-state index is 5.22. The van der Waals surface area contributed by atoms with Gasteiger partial charge in [-0.15, -0.1) is 0 Å². The van der Waals surface area contributed by atoms with Crippen molar-refractivity contribution in [2.45, 2.75) is 12.3 Å². The van der Waals surface area contributed by atoms with E-state index in [1.54, 1.807) is 0 Å². The SMILES string of the molecule is CC1(c2ccccc2)c2ccccc2-c2ccc(-c3ccc(-c4cc(-c5cccc6cccnc56)nc(-c5ccccc5)n4)c4ccccc34)cc21. The number of nitrogens with zero attached hydrogens (tertiary/aromatic N) is 3. The topological polar surface area (TPSA) is 38.7 Å². The summed E-state index contributed by atoms with van der Waals surface area (Å²) in [6, 6.07) is 62.7. The minimum absolute atomic E-state index is 0.263. The largest absolute Gasteiger partial charge is 0.256 e. The quantitative estimate of drug-likeness (QED) is 0.184. The summed E-state index contributed by atoms with van der Waals surface area (Å²) in [6.45, 7) is 2.38. The molecule has 0 spiro atoms. The summed E-state index contributed by atoms with van der Waals surface area (Å²) in [5.41, 5.74) is 14.4. The van der Waals surface area contributed by atoms with E-state index < -0.39 is 0 Å². The van der Waals surface area contributed by atoms with Crippen LogP contribution in [0.2, 0.25) is 0 Å². The molecule has 244 valence electrons. The molecule has 0 saturated heterocycles. The van der Waals surface area contributed by atoms with Crippen molar-refractivity contribution in [2.75, 3.05) is 0 Å². The first-order valence-corrected chi connectivity index (χ1v) is 17.8. The van der Waals surface area contributed by atoms with Gasteiger partial charge in [-0.2, -0.15) is 0 Å². The van der Waals surface area contributed by atoms with E-state index in [4.69, 9.17) is 15.0 Å². The van der Waals surface area contributed by atoms with Crippen molar-refractivity contribution < 1.29 is 0 Å². The van der Waals surface area contributed by atoms with E-state index in [0.717, 1.165) is 44.4 Å². The minimum atomic E-state index is -0.263. The third kappa shape index (κ3) is 4.70. The van der Waals surface area contributed by atoms with E-state index in [0.29, 0.717) is 5.82 Å². The zero-order valence-electron chi connectivity index (χ0n) is 28.7. The van der Waals surface area contributed by atoms with Crippen LogP contribution in [0.1, 0.15) is 23.6 Å². The smallest absolute Gasteiger partial charge is 0.160 e. The summed E-state index contributed by atoms with van der Waals surface area (Å²) in [6.07, 6.45) is 1.85. The molecule has 1 atom stereocenters. The van der Waals surface area contributed by atoms with E-state index in [1.807, 2.05) is 30.5 Å². The Balaban J connectivity index is 1.16.